The average Bonchev–Trinajstić information content (AvgIpc) is 3.10. The van der Waals surface area contributed by atoms with Crippen LogP contribution in [0.3, 0.4) is 0 Å². The maximum atomic E-state index is 13.0. The molecule has 154 valence electrons. The summed E-state index contributed by atoms with van der Waals surface area (Å²) in [6, 6.07) is 5.45. The van der Waals surface area contributed by atoms with Crippen molar-refractivity contribution in [2.24, 2.45) is 5.73 Å². The van der Waals surface area contributed by atoms with Gasteiger partial charge in [-0.1, -0.05) is 22.9 Å². The Morgan fingerprint density at radius 1 is 1.21 bits per heavy atom. The molecule has 7 nitrogen and oxygen atoms in total. The van der Waals surface area contributed by atoms with Gasteiger partial charge in [0.25, 0.3) is 0 Å². The number of benzene rings is 1. The number of nitrogens with zero attached hydrogens (tertiary/aromatic N) is 3. The number of nitrogens with two attached hydrogens (primary N) is 1. The Bertz CT molecular complexity index is 948. The Morgan fingerprint density at radius 3 is 2.46 bits per heavy atom. The summed E-state index contributed by atoms with van der Waals surface area (Å²) in [5.74, 6) is 1.26. The summed E-state index contributed by atoms with van der Waals surface area (Å²) in [5.41, 5.74) is 7.67. The molecule has 28 heavy (non-hydrogen) atoms. The second-order valence-electron chi connectivity index (χ2n) is 7.91. The van der Waals surface area contributed by atoms with E-state index in [1.165, 1.54) is 0 Å². The van der Waals surface area contributed by atoms with E-state index < -0.39 is 15.6 Å². The fourth-order valence-electron chi connectivity index (χ4n) is 3.96. The summed E-state index contributed by atoms with van der Waals surface area (Å²) in [5, 5.41) is 4.08. The third-order valence-electron chi connectivity index (χ3n) is 5.88. The molecule has 2 heterocycles. The van der Waals surface area contributed by atoms with E-state index in [1.807, 2.05) is 26.0 Å². The minimum absolute atomic E-state index is 0. The Labute approximate surface area is 172 Å². The highest BCUT2D eigenvalue weighted by Gasteiger charge is 2.40. The van der Waals surface area contributed by atoms with Gasteiger partial charge in [0.05, 0.1) is 10.4 Å². The number of aromatic nitrogens is 2. The van der Waals surface area contributed by atoms with Crippen LogP contribution in [0.25, 0.3) is 0 Å². The van der Waals surface area contributed by atoms with E-state index in [2.05, 4.69) is 10.1 Å². The maximum absolute atomic E-state index is 13.0. The molecule has 0 atom stereocenters. The monoisotopic (exact) mass is 426 g/mol. The van der Waals surface area contributed by atoms with Gasteiger partial charge in [0.2, 0.25) is 15.9 Å². The summed E-state index contributed by atoms with van der Waals surface area (Å²) < 4.78 is 33.0. The quantitative estimate of drug-likeness (QED) is 0.806. The van der Waals surface area contributed by atoms with Crippen LogP contribution in [0.1, 0.15) is 60.9 Å². The number of rotatable bonds is 4. The molecular weight excluding hydrogens is 400 g/mol. The van der Waals surface area contributed by atoms with Gasteiger partial charge in [0.1, 0.15) is 0 Å². The summed E-state index contributed by atoms with van der Waals surface area (Å²) in [4.78, 5) is 4.92. The SMILES string of the molecule is Cc1ccc(S(=O)(=O)N2CCC(c3nc(C4(N)CCC4)no3)CC2)c(C)c1.Cl. The summed E-state index contributed by atoms with van der Waals surface area (Å²) >= 11 is 0. The molecule has 1 aliphatic carbocycles. The molecular formula is C19H27ClN4O3S. The highest BCUT2D eigenvalue weighted by atomic mass is 35.5. The molecule has 1 saturated heterocycles. The Kier molecular flexibility index (Phi) is 5.87. The number of piperidine rings is 1. The second-order valence-corrected chi connectivity index (χ2v) is 9.82. The number of sulfonamides is 1. The Balaban J connectivity index is 0.00000225. The van der Waals surface area contributed by atoms with Gasteiger partial charge in [-0.25, -0.2) is 8.42 Å². The lowest BCUT2D eigenvalue weighted by Gasteiger charge is -2.34. The van der Waals surface area contributed by atoms with Gasteiger partial charge in [0.15, 0.2) is 5.82 Å². The van der Waals surface area contributed by atoms with Gasteiger partial charge in [-0.3, -0.25) is 0 Å². The topological polar surface area (TPSA) is 102 Å². The van der Waals surface area contributed by atoms with Crippen molar-refractivity contribution < 1.29 is 12.9 Å². The van der Waals surface area contributed by atoms with E-state index in [-0.39, 0.29) is 18.3 Å². The zero-order chi connectivity index (χ0) is 19.2. The van der Waals surface area contributed by atoms with Crippen LogP contribution in [0.4, 0.5) is 0 Å². The summed E-state index contributed by atoms with van der Waals surface area (Å²) in [6.07, 6.45) is 4.21. The van der Waals surface area contributed by atoms with Crippen LogP contribution in [0.5, 0.6) is 0 Å². The Hall–Kier alpha value is -1.48. The first kappa shape index (κ1) is 21.2. The number of aryl methyl sites for hydroxylation is 2. The second kappa shape index (κ2) is 7.74. The van der Waals surface area contributed by atoms with Gasteiger partial charge < -0.3 is 10.3 Å². The largest absolute Gasteiger partial charge is 0.339 e. The zero-order valence-corrected chi connectivity index (χ0v) is 17.9. The third-order valence-corrected chi connectivity index (χ3v) is 7.94. The molecule has 1 aromatic carbocycles. The van der Waals surface area contributed by atoms with Crippen molar-refractivity contribution in [2.75, 3.05) is 13.1 Å². The Morgan fingerprint density at radius 2 is 1.89 bits per heavy atom. The summed E-state index contributed by atoms with van der Waals surface area (Å²) in [7, 11) is -3.48. The highest BCUT2D eigenvalue weighted by molar-refractivity contribution is 7.89. The van der Waals surface area contributed by atoms with Crippen LogP contribution in [0.2, 0.25) is 0 Å². The van der Waals surface area contributed by atoms with Gasteiger partial charge in [-0.15, -0.1) is 12.4 Å². The van der Waals surface area contributed by atoms with Crippen molar-refractivity contribution in [1.82, 2.24) is 14.4 Å². The summed E-state index contributed by atoms with van der Waals surface area (Å²) in [6.45, 7) is 4.70. The van der Waals surface area contributed by atoms with E-state index in [1.54, 1.807) is 10.4 Å². The third kappa shape index (κ3) is 3.70. The molecule has 2 aliphatic rings. The normalized spacial score (nSPS) is 20.4. The van der Waals surface area contributed by atoms with Crippen molar-refractivity contribution in [3.05, 3.63) is 41.0 Å². The molecule has 2 N–H and O–H groups in total. The maximum Gasteiger partial charge on any atom is 0.243 e. The molecule has 2 aromatic rings. The minimum atomic E-state index is -3.48. The predicted octanol–water partition coefficient (Wildman–Crippen LogP) is 3.01. The highest BCUT2D eigenvalue weighted by Crippen LogP contribution is 2.38. The van der Waals surface area contributed by atoms with Crippen LogP contribution < -0.4 is 5.73 Å². The molecule has 0 radical (unpaired) electrons. The molecule has 0 unspecified atom stereocenters. The van der Waals surface area contributed by atoms with Crippen molar-refractivity contribution in [3.8, 4) is 0 Å². The van der Waals surface area contributed by atoms with Crippen molar-refractivity contribution in [3.63, 3.8) is 0 Å². The molecule has 0 bridgehead atoms. The minimum Gasteiger partial charge on any atom is -0.339 e. The number of hydrogen-bond donors (Lipinski definition) is 1. The van der Waals surface area contributed by atoms with Crippen LogP contribution in [-0.2, 0) is 15.6 Å². The van der Waals surface area contributed by atoms with Crippen LogP contribution in [0.15, 0.2) is 27.6 Å². The molecule has 0 spiro atoms. The first-order valence-electron chi connectivity index (χ1n) is 9.50. The van der Waals surface area contributed by atoms with E-state index >= 15 is 0 Å². The first-order valence-corrected chi connectivity index (χ1v) is 10.9. The van der Waals surface area contributed by atoms with Crippen LogP contribution in [-0.4, -0.2) is 36.0 Å². The van der Waals surface area contributed by atoms with E-state index in [9.17, 15) is 8.42 Å². The number of hydrogen-bond acceptors (Lipinski definition) is 6. The van der Waals surface area contributed by atoms with E-state index in [0.717, 1.165) is 30.4 Å². The molecule has 1 aliphatic heterocycles. The molecule has 0 amide bonds. The smallest absolute Gasteiger partial charge is 0.243 e. The van der Waals surface area contributed by atoms with E-state index in [4.69, 9.17) is 10.3 Å². The fourth-order valence-corrected chi connectivity index (χ4v) is 5.63. The molecule has 1 saturated carbocycles. The number of halogens is 1. The van der Waals surface area contributed by atoms with Gasteiger partial charge >= 0.3 is 0 Å². The average molecular weight is 427 g/mol. The van der Waals surface area contributed by atoms with Crippen molar-refractivity contribution in [2.45, 2.75) is 62.3 Å². The van der Waals surface area contributed by atoms with Crippen LogP contribution >= 0.6 is 12.4 Å². The van der Waals surface area contributed by atoms with Gasteiger partial charge in [-0.2, -0.15) is 9.29 Å². The molecule has 4 rings (SSSR count). The van der Waals surface area contributed by atoms with Gasteiger partial charge in [-0.05, 0) is 57.6 Å². The lowest BCUT2D eigenvalue weighted by Crippen LogP contribution is -2.44. The van der Waals surface area contributed by atoms with Crippen molar-refractivity contribution in [1.29, 1.82) is 0 Å². The standard InChI is InChI=1S/C19H26N4O3S.ClH/c1-13-4-5-16(14(2)12-13)27(24,25)23-10-6-15(7-11-23)17-21-18(22-26-17)19(20)8-3-9-19;/h4-5,12,15H,3,6-11,20H2,1-2H3;1H. The zero-order valence-electron chi connectivity index (χ0n) is 16.2. The van der Waals surface area contributed by atoms with Gasteiger partial charge in [0, 0.05) is 19.0 Å². The predicted molar refractivity (Wildman–Crippen MR) is 108 cm³/mol. The first-order chi connectivity index (χ1) is 12.8. The van der Waals surface area contributed by atoms with E-state index in [0.29, 0.717) is 42.5 Å². The van der Waals surface area contributed by atoms with Crippen molar-refractivity contribution >= 4 is 22.4 Å². The fraction of sp³-hybridized carbons (Fsp3) is 0.579. The molecule has 1 aromatic heterocycles. The van der Waals surface area contributed by atoms with Crippen LogP contribution in [0, 0.1) is 13.8 Å². The molecule has 2 fully saturated rings. The molecule has 9 heteroatoms. The lowest BCUT2D eigenvalue weighted by molar-refractivity contribution is 0.227. The lowest BCUT2D eigenvalue weighted by atomic mass is 9.77.